The summed E-state index contributed by atoms with van der Waals surface area (Å²) in [6.07, 6.45) is 5.29. The zero-order valence-corrected chi connectivity index (χ0v) is 15.9. The Labute approximate surface area is 165 Å². The summed E-state index contributed by atoms with van der Waals surface area (Å²) in [5.74, 6) is -0.340. The monoisotopic (exact) mass is 369 g/mol. The first-order valence-corrected chi connectivity index (χ1v) is 9.36. The number of amides is 1. The van der Waals surface area contributed by atoms with Crippen LogP contribution in [0.15, 0.2) is 78.5 Å². The van der Waals surface area contributed by atoms with Gasteiger partial charge in [0, 0.05) is 24.1 Å². The Kier molecular flexibility index (Phi) is 6.43. The number of aromatic nitrogens is 1. The predicted octanol–water partition coefficient (Wildman–Crippen LogP) is 4.44. The van der Waals surface area contributed by atoms with Crippen LogP contribution in [0.25, 0.3) is 11.8 Å². The second-order valence-electron chi connectivity index (χ2n) is 6.60. The van der Waals surface area contributed by atoms with Crippen molar-refractivity contribution >= 4 is 12.0 Å². The molecule has 4 nitrogen and oxygen atoms in total. The van der Waals surface area contributed by atoms with Crippen LogP contribution in [0, 0.1) is 18.3 Å². The van der Waals surface area contributed by atoms with Crippen molar-refractivity contribution in [3.63, 3.8) is 0 Å². The minimum Gasteiger partial charge on any atom is -0.351 e. The number of aryl methyl sites for hydroxylation is 2. The van der Waals surface area contributed by atoms with Crippen LogP contribution in [-0.2, 0) is 11.2 Å². The van der Waals surface area contributed by atoms with E-state index in [0.29, 0.717) is 6.54 Å². The van der Waals surface area contributed by atoms with Gasteiger partial charge in [-0.15, -0.1) is 0 Å². The molecule has 3 rings (SSSR count). The van der Waals surface area contributed by atoms with E-state index in [2.05, 4.69) is 17.4 Å². The molecule has 0 radical (unpaired) electrons. The highest BCUT2D eigenvalue weighted by atomic mass is 16.1. The van der Waals surface area contributed by atoms with Crippen LogP contribution in [0.4, 0.5) is 0 Å². The molecule has 1 aromatic heterocycles. The van der Waals surface area contributed by atoms with Crippen LogP contribution in [0.3, 0.4) is 0 Å². The number of benzene rings is 2. The van der Waals surface area contributed by atoms with E-state index in [1.54, 1.807) is 6.08 Å². The summed E-state index contributed by atoms with van der Waals surface area (Å²) < 4.78 is 1.98. The minimum atomic E-state index is -0.340. The molecule has 0 saturated carbocycles. The number of hydrogen-bond donors (Lipinski definition) is 1. The number of nitrogens with one attached hydrogen (secondary N) is 1. The van der Waals surface area contributed by atoms with Crippen LogP contribution in [0.5, 0.6) is 0 Å². The summed E-state index contributed by atoms with van der Waals surface area (Å²) in [5, 5.41) is 12.3. The van der Waals surface area contributed by atoms with Gasteiger partial charge in [0.2, 0.25) is 0 Å². The molecule has 0 bridgehead atoms. The highest BCUT2D eigenvalue weighted by Gasteiger charge is 2.11. The number of nitriles is 1. The van der Waals surface area contributed by atoms with Gasteiger partial charge < -0.3 is 9.88 Å². The molecule has 1 heterocycles. The van der Waals surface area contributed by atoms with Gasteiger partial charge >= 0.3 is 0 Å². The Bertz CT molecular complexity index is 1010. The maximum atomic E-state index is 12.4. The van der Waals surface area contributed by atoms with Gasteiger partial charge in [-0.25, -0.2) is 0 Å². The molecule has 4 heteroatoms. The maximum absolute atomic E-state index is 12.4. The number of rotatable bonds is 7. The largest absolute Gasteiger partial charge is 0.351 e. The summed E-state index contributed by atoms with van der Waals surface area (Å²) in [5.41, 5.74) is 4.29. The molecule has 0 fully saturated rings. The molecule has 28 heavy (non-hydrogen) atoms. The van der Waals surface area contributed by atoms with E-state index in [1.807, 2.05) is 78.4 Å². The SMILES string of the molecule is Cc1ccccc1-n1cccc1/C=C(/C#N)C(=O)NCCCc1ccccc1. The molecule has 0 unspecified atom stereocenters. The third-order valence-electron chi connectivity index (χ3n) is 4.58. The van der Waals surface area contributed by atoms with Gasteiger partial charge in [-0.1, -0.05) is 48.5 Å². The number of para-hydroxylation sites is 1. The summed E-state index contributed by atoms with van der Waals surface area (Å²) in [7, 11) is 0. The Hall–Kier alpha value is -3.58. The first-order chi connectivity index (χ1) is 13.7. The number of hydrogen-bond acceptors (Lipinski definition) is 2. The van der Waals surface area contributed by atoms with E-state index in [0.717, 1.165) is 29.8 Å². The van der Waals surface area contributed by atoms with E-state index in [1.165, 1.54) is 5.56 Å². The van der Waals surface area contributed by atoms with E-state index in [-0.39, 0.29) is 11.5 Å². The Balaban J connectivity index is 1.66. The van der Waals surface area contributed by atoms with Crippen molar-refractivity contribution in [3.05, 3.63) is 95.3 Å². The van der Waals surface area contributed by atoms with Gasteiger partial charge in [0.05, 0.1) is 0 Å². The van der Waals surface area contributed by atoms with Crippen molar-refractivity contribution in [1.29, 1.82) is 5.26 Å². The van der Waals surface area contributed by atoms with Crippen LogP contribution in [-0.4, -0.2) is 17.0 Å². The average Bonchev–Trinajstić information content (AvgIpc) is 3.18. The summed E-state index contributed by atoms with van der Waals surface area (Å²) in [4.78, 5) is 12.4. The lowest BCUT2D eigenvalue weighted by Gasteiger charge is -2.10. The van der Waals surface area contributed by atoms with Crippen molar-refractivity contribution < 1.29 is 4.79 Å². The molecule has 3 aromatic rings. The molecule has 1 N–H and O–H groups in total. The second kappa shape index (κ2) is 9.38. The normalized spacial score (nSPS) is 11.1. The van der Waals surface area contributed by atoms with E-state index >= 15 is 0 Å². The van der Waals surface area contributed by atoms with Crippen LogP contribution < -0.4 is 5.32 Å². The molecule has 0 aliphatic rings. The van der Waals surface area contributed by atoms with Crippen molar-refractivity contribution in [2.75, 3.05) is 6.54 Å². The van der Waals surface area contributed by atoms with Crippen molar-refractivity contribution in [2.24, 2.45) is 0 Å². The quantitative estimate of drug-likeness (QED) is 0.380. The zero-order valence-electron chi connectivity index (χ0n) is 15.9. The highest BCUT2D eigenvalue weighted by Crippen LogP contribution is 2.18. The molecule has 0 aliphatic heterocycles. The van der Waals surface area contributed by atoms with Gasteiger partial charge in [-0.3, -0.25) is 4.79 Å². The number of nitrogens with zero attached hydrogens (tertiary/aromatic N) is 2. The fourth-order valence-corrected chi connectivity index (χ4v) is 3.10. The molecule has 2 aromatic carbocycles. The molecule has 0 aliphatic carbocycles. The molecular formula is C24H23N3O. The standard InChI is InChI=1S/C24H23N3O/c1-19-9-5-6-14-23(19)27-16-8-13-22(27)17-21(18-25)24(28)26-15-7-12-20-10-3-2-4-11-20/h2-6,8-11,13-14,16-17H,7,12,15H2,1H3,(H,26,28)/b21-17-. The van der Waals surface area contributed by atoms with Crippen molar-refractivity contribution in [1.82, 2.24) is 9.88 Å². The summed E-state index contributed by atoms with van der Waals surface area (Å²) >= 11 is 0. The van der Waals surface area contributed by atoms with Gasteiger partial charge in [0.1, 0.15) is 11.6 Å². The van der Waals surface area contributed by atoms with Gasteiger partial charge in [0.15, 0.2) is 0 Å². The maximum Gasteiger partial charge on any atom is 0.262 e. The van der Waals surface area contributed by atoms with E-state index < -0.39 is 0 Å². The van der Waals surface area contributed by atoms with Gasteiger partial charge in [-0.2, -0.15) is 5.26 Å². The first-order valence-electron chi connectivity index (χ1n) is 9.36. The van der Waals surface area contributed by atoms with E-state index in [4.69, 9.17) is 0 Å². The smallest absolute Gasteiger partial charge is 0.262 e. The van der Waals surface area contributed by atoms with Gasteiger partial charge in [0.25, 0.3) is 5.91 Å². The second-order valence-corrected chi connectivity index (χ2v) is 6.60. The summed E-state index contributed by atoms with van der Waals surface area (Å²) in [6, 6.07) is 24.0. The predicted molar refractivity (Wildman–Crippen MR) is 112 cm³/mol. The molecule has 0 saturated heterocycles. The Morgan fingerprint density at radius 1 is 1.07 bits per heavy atom. The lowest BCUT2D eigenvalue weighted by molar-refractivity contribution is -0.117. The van der Waals surface area contributed by atoms with Gasteiger partial charge in [-0.05, 0) is 55.2 Å². The third-order valence-corrected chi connectivity index (χ3v) is 4.58. The molecule has 0 spiro atoms. The van der Waals surface area contributed by atoms with Crippen LogP contribution in [0.1, 0.15) is 23.2 Å². The molecule has 0 atom stereocenters. The molecule has 140 valence electrons. The lowest BCUT2D eigenvalue weighted by Crippen LogP contribution is -2.26. The van der Waals surface area contributed by atoms with Crippen molar-refractivity contribution in [2.45, 2.75) is 19.8 Å². The Morgan fingerprint density at radius 3 is 2.57 bits per heavy atom. The van der Waals surface area contributed by atoms with Crippen molar-refractivity contribution in [3.8, 4) is 11.8 Å². The fourth-order valence-electron chi connectivity index (χ4n) is 3.10. The third kappa shape index (κ3) is 4.77. The minimum absolute atomic E-state index is 0.105. The number of carbonyl (C=O) groups is 1. The zero-order chi connectivity index (χ0) is 19.8. The average molecular weight is 369 g/mol. The fraction of sp³-hybridized carbons (Fsp3) is 0.167. The van der Waals surface area contributed by atoms with Crippen LogP contribution in [0.2, 0.25) is 0 Å². The lowest BCUT2D eigenvalue weighted by atomic mass is 10.1. The Morgan fingerprint density at radius 2 is 1.82 bits per heavy atom. The molecular weight excluding hydrogens is 346 g/mol. The topological polar surface area (TPSA) is 57.8 Å². The number of carbonyl (C=O) groups excluding carboxylic acids is 1. The summed E-state index contributed by atoms with van der Waals surface area (Å²) in [6.45, 7) is 2.57. The van der Waals surface area contributed by atoms with E-state index in [9.17, 15) is 10.1 Å². The highest BCUT2D eigenvalue weighted by molar-refractivity contribution is 6.01. The first kappa shape index (κ1) is 19.2. The van der Waals surface area contributed by atoms with Crippen LogP contribution >= 0.6 is 0 Å². The molecule has 1 amide bonds.